The molecule has 0 spiro atoms. The van der Waals surface area contributed by atoms with E-state index in [0.717, 1.165) is 33.9 Å². The van der Waals surface area contributed by atoms with Gasteiger partial charge in [-0.1, -0.05) is 41.9 Å². The Morgan fingerprint density at radius 3 is 2.53 bits per heavy atom. The predicted molar refractivity (Wildman–Crippen MR) is 83.7 cm³/mol. The topological polar surface area (TPSA) is 37.8 Å². The fraction of sp³-hybridized carbons (Fsp3) is 0.429. The van der Waals surface area contributed by atoms with Crippen molar-refractivity contribution in [3.05, 3.63) is 44.3 Å². The van der Waals surface area contributed by atoms with Crippen molar-refractivity contribution in [2.75, 3.05) is 6.54 Å². The van der Waals surface area contributed by atoms with Crippen molar-refractivity contribution < 1.29 is 0 Å². The van der Waals surface area contributed by atoms with Crippen molar-refractivity contribution in [1.82, 2.24) is 15.5 Å². The molecule has 102 valence electrons. The third-order valence-electron chi connectivity index (χ3n) is 2.67. The SMILES string of the molecule is CC(C)NCCc1nnc(Cc2ccc(Br)cc2)s1. The van der Waals surface area contributed by atoms with E-state index in [1.54, 1.807) is 11.3 Å². The largest absolute Gasteiger partial charge is 0.314 e. The van der Waals surface area contributed by atoms with Gasteiger partial charge in [-0.3, -0.25) is 0 Å². The molecule has 0 atom stereocenters. The van der Waals surface area contributed by atoms with E-state index in [0.29, 0.717) is 6.04 Å². The molecule has 2 aromatic rings. The molecule has 0 radical (unpaired) electrons. The number of benzene rings is 1. The molecular weight excluding hydrogens is 322 g/mol. The van der Waals surface area contributed by atoms with E-state index < -0.39 is 0 Å². The van der Waals surface area contributed by atoms with Crippen molar-refractivity contribution in [3.63, 3.8) is 0 Å². The zero-order valence-corrected chi connectivity index (χ0v) is 13.6. The summed E-state index contributed by atoms with van der Waals surface area (Å²) in [4.78, 5) is 0. The highest BCUT2D eigenvalue weighted by molar-refractivity contribution is 9.10. The van der Waals surface area contributed by atoms with Crippen LogP contribution in [0.5, 0.6) is 0 Å². The lowest BCUT2D eigenvalue weighted by Crippen LogP contribution is -2.24. The van der Waals surface area contributed by atoms with Crippen LogP contribution in [0.3, 0.4) is 0 Å². The molecule has 1 N–H and O–H groups in total. The van der Waals surface area contributed by atoms with Crippen LogP contribution in [0.15, 0.2) is 28.7 Å². The molecule has 3 nitrogen and oxygen atoms in total. The predicted octanol–water partition coefficient (Wildman–Crippen LogP) is 3.43. The second-order valence-electron chi connectivity index (χ2n) is 4.75. The van der Waals surface area contributed by atoms with Crippen LogP contribution in [-0.2, 0) is 12.8 Å². The molecule has 0 bridgehead atoms. The highest BCUT2D eigenvalue weighted by atomic mass is 79.9. The Balaban J connectivity index is 1.88. The van der Waals surface area contributed by atoms with Crippen LogP contribution in [0.4, 0.5) is 0 Å². The molecule has 1 aromatic heterocycles. The maximum atomic E-state index is 4.26. The summed E-state index contributed by atoms with van der Waals surface area (Å²) in [5, 5.41) is 14.1. The van der Waals surface area contributed by atoms with Gasteiger partial charge in [0, 0.05) is 29.9 Å². The van der Waals surface area contributed by atoms with Gasteiger partial charge in [0.25, 0.3) is 0 Å². The summed E-state index contributed by atoms with van der Waals surface area (Å²) in [5.41, 5.74) is 1.27. The second-order valence-corrected chi connectivity index (χ2v) is 6.81. The summed E-state index contributed by atoms with van der Waals surface area (Å²) in [7, 11) is 0. The van der Waals surface area contributed by atoms with Crippen molar-refractivity contribution in [2.45, 2.75) is 32.7 Å². The first kappa shape index (κ1) is 14.6. The molecule has 19 heavy (non-hydrogen) atoms. The fourth-order valence-electron chi connectivity index (χ4n) is 1.71. The standard InChI is InChI=1S/C14H18BrN3S/c1-10(2)16-8-7-13-17-18-14(19-13)9-11-3-5-12(15)6-4-11/h3-6,10,16H,7-9H2,1-2H3. The van der Waals surface area contributed by atoms with E-state index in [-0.39, 0.29) is 0 Å². The normalized spacial score (nSPS) is 11.2. The molecule has 1 heterocycles. The molecule has 0 aliphatic rings. The average molecular weight is 340 g/mol. The Hall–Kier alpha value is -0.780. The second kappa shape index (κ2) is 7.12. The lowest BCUT2D eigenvalue weighted by atomic mass is 10.2. The van der Waals surface area contributed by atoms with E-state index in [4.69, 9.17) is 0 Å². The van der Waals surface area contributed by atoms with Gasteiger partial charge in [0.1, 0.15) is 10.0 Å². The molecule has 1 aromatic carbocycles. The van der Waals surface area contributed by atoms with E-state index >= 15 is 0 Å². The van der Waals surface area contributed by atoms with Gasteiger partial charge in [0.2, 0.25) is 0 Å². The molecule has 0 aliphatic carbocycles. The first-order chi connectivity index (χ1) is 9.13. The number of hydrogen-bond donors (Lipinski definition) is 1. The van der Waals surface area contributed by atoms with E-state index in [1.807, 2.05) is 0 Å². The van der Waals surface area contributed by atoms with Gasteiger partial charge in [-0.2, -0.15) is 0 Å². The lowest BCUT2D eigenvalue weighted by Gasteiger charge is -2.05. The van der Waals surface area contributed by atoms with E-state index in [9.17, 15) is 0 Å². The van der Waals surface area contributed by atoms with Crippen molar-refractivity contribution in [2.24, 2.45) is 0 Å². The summed E-state index contributed by atoms with van der Waals surface area (Å²) < 4.78 is 1.11. The van der Waals surface area contributed by atoms with Gasteiger partial charge >= 0.3 is 0 Å². The minimum absolute atomic E-state index is 0.523. The Morgan fingerprint density at radius 1 is 1.16 bits per heavy atom. The van der Waals surface area contributed by atoms with Crippen LogP contribution in [0.25, 0.3) is 0 Å². The maximum Gasteiger partial charge on any atom is 0.121 e. The molecule has 0 saturated heterocycles. The Morgan fingerprint density at radius 2 is 1.84 bits per heavy atom. The average Bonchev–Trinajstić information content (AvgIpc) is 2.79. The molecule has 2 rings (SSSR count). The van der Waals surface area contributed by atoms with Crippen LogP contribution in [0, 0.1) is 0 Å². The van der Waals surface area contributed by atoms with Crippen LogP contribution < -0.4 is 5.32 Å². The molecule has 0 unspecified atom stereocenters. The number of nitrogens with one attached hydrogen (secondary N) is 1. The minimum Gasteiger partial charge on any atom is -0.314 e. The molecule has 0 saturated carbocycles. The summed E-state index contributed by atoms with van der Waals surface area (Å²) in [6.07, 6.45) is 1.82. The number of halogens is 1. The van der Waals surface area contributed by atoms with Crippen LogP contribution >= 0.6 is 27.3 Å². The number of nitrogens with zero attached hydrogens (tertiary/aromatic N) is 2. The smallest absolute Gasteiger partial charge is 0.121 e. The van der Waals surface area contributed by atoms with Crippen LogP contribution in [0.2, 0.25) is 0 Å². The van der Waals surface area contributed by atoms with Crippen molar-refractivity contribution >= 4 is 27.3 Å². The molecule has 5 heteroatoms. The first-order valence-corrected chi connectivity index (χ1v) is 8.03. The Kier molecular flexibility index (Phi) is 5.48. The number of rotatable bonds is 6. The highest BCUT2D eigenvalue weighted by Gasteiger charge is 2.05. The van der Waals surface area contributed by atoms with Gasteiger partial charge in [0.15, 0.2) is 0 Å². The summed E-state index contributed by atoms with van der Waals surface area (Å²) in [6.45, 7) is 5.27. The van der Waals surface area contributed by atoms with Gasteiger partial charge in [-0.15, -0.1) is 21.5 Å². The Bertz CT molecular complexity index is 508. The lowest BCUT2D eigenvalue weighted by molar-refractivity contribution is 0.588. The first-order valence-electron chi connectivity index (χ1n) is 6.42. The van der Waals surface area contributed by atoms with Gasteiger partial charge in [-0.25, -0.2) is 0 Å². The zero-order chi connectivity index (χ0) is 13.7. The quantitative estimate of drug-likeness (QED) is 0.875. The Labute approximate surface area is 126 Å². The van der Waals surface area contributed by atoms with Crippen molar-refractivity contribution in [3.8, 4) is 0 Å². The molecular formula is C14H18BrN3S. The monoisotopic (exact) mass is 339 g/mol. The minimum atomic E-state index is 0.523. The maximum absolute atomic E-state index is 4.26. The summed E-state index contributed by atoms with van der Waals surface area (Å²) >= 11 is 5.15. The fourth-order valence-corrected chi connectivity index (χ4v) is 2.85. The van der Waals surface area contributed by atoms with Gasteiger partial charge in [-0.05, 0) is 17.7 Å². The summed E-state index contributed by atoms with van der Waals surface area (Å²) in [5.74, 6) is 0. The van der Waals surface area contributed by atoms with Crippen molar-refractivity contribution in [1.29, 1.82) is 0 Å². The van der Waals surface area contributed by atoms with Crippen LogP contribution in [-0.4, -0.2) is 22.8 Å². The van der Waals surface area contributed by atoms with Crippen LogP contribution in [0.1, 0.15) is 29.4 Å². The van der Waals surface area contributed by atoms with E-state index in [2.05, 4.69) is 69.6 Å². The molecule has 0 amide bonds. The number of aromatic nitrogens is 2. The molecule has 0 fully saturated rings. The third-order valence-corrected chi connectivity index (χ3v) is 4.18. The third kappa shape index (κ3) is 5.01. The van der Waals surface area contributed by atoms with Gasteiger partial charge < -0.3 is 5.32 Å². The molecule has 0 aliphatic heterocycles. The highest BCUT2D eigenvalue weighted by Crippen LogP contribution is 2.17. The zero-order valence-electron chi connectivity index (χ0n) is 11.2. The number of hydrogen-bond acceptors (Lipinski definition) is 4. The van der Waals surface area contributed by atoms with Gasteiger partial charge in [0.05, 0.1) is 0 Å². The summed E-state index contributed by atoms with van der Waals surface area (Å²) in [6, 6.07) is 8.88. The van der Waals surface area contributed by atoms with E-state index in [1.165, 1.54) is 5.56 Å².